The Kier molecular flexibility index (Phi) is 7.08. The van der Waals surface area contributed by atoms with Crippen LogP contribution in [0.15, 0.2) is 58.3 Å². The van der Waals surface area contributed by atoms with E-state index in [4.69, 9.17) is 5.73 Å². The number of sulfone groups is 1. The van der Waals surface area contributed by atoms with Crippen LogP contribution in [0.3, 0.4) is 0 Å². The lowest BCUT2D eigenvalue weighted by molar-refractivity contribution is 0.392. The largest absolute Gasteiger partial charge is 0.399 e. The highest BCUT2D eigenvalue weighted by Gasteiger charge is 2.17. The van der Waals surface area contributed by atoms with Crippen LogP contribution in [0.2, 0.25) is 0 Å². The summed E-state index contributed by atoms with van der Waals surface area (Å²) in [6.07, 6.45) is 0. The van der Waals surface area contributed by atoms with Gasteiger partial charge in [0.1, 0.15) is 0 Å². The number of hydrogen-bond donors (Lipinski definition) is 2. The highest BCUT2D eigenvalue weighted by molar-refractivity contribution is 7.91. The molecule has 0 aliphatic carbocycles. The monoisotopic (exact) mass is 369 g/mol. The molecule has 0 amide bonds. The molecule has 0 heterocycles. The summed E-state index contributed by atoms with van der Waals surface area (Å²) in [4.78, 5) is 2.61. The molecule has 0 aromatic heterocycles. The van der Waals surface area contributed by atoms with Crippen LogP contribution in [0.4, 0.5) is 11.4 Å². The zero-order valence-corrected chi connectivity index (χ0v) is 15.7. The fraction of sp³-hybridized carbons (Fsp3) is 0.294. The third kappa shape index (κ3) is 5.12. The average Bonchev–Trinajstić information content (AvgIpc) is 2.47. The summed E-state index contributed by atoms with van der Waals surface area (Å²) in [7, 11) is 0.517. The van der Waals surface area contributed by atoms with E-state index < -0.39 is 9.84 Å². The molecule has 132 valence electrons. The molecule has 0 fully saturated rings. The average molecular weight is 370 g/mol. The van der Waals surface area contributed by atoms with Gasteiger partial charge in [-0.1, -0.05) is 0 Å². The van der Waals surface area contributed by atoms with E-state index >= 15 is 0 Å². The molecule has 2 aromatic rings. The molecule has 7 heteroatoms. The standard InChI is InChI=1S/C17H23N3O2S.ClH/c1-13(12-20(2)3)19-15-6-10-17(11-7-15)23(21,22)16-8-4-14(18)5-9-16;/h4-11,13,19H,12,18H2,1-3H3;1H. The topological polar surface area (TPSA) is 75.4 Å². The van der Waals surface area contributed by atoms with Gasteiger partial charge < -0.3 is 16.0 Å². The van der Waals surface area contributed by atoms with Gasteiger partial charge in [0.05, 0.1) is 9.79 Å². The van der Waals surface area contributed by atoms with Crippen molar-refractivity contribution in [2.24, 2.45) is 0 Å². The Balaban J connectivity index is 0.00000288. The summed E-state index contributed by atoms with van der Waals surface area (Å²) in [5.41, 5.74) is 7.04. The predicted molar refractivity (Wildman–Crippen MR) is 102 cm³/mol. The normalized spacial score (nSPS) is 12.5. The number of hydrogen-bond acceptors (Lipinski definition) is 5. The Bertz CT molecular complexity index is 744. The van der Waals surface area contributed by atoms with Gasteiger partial charge in [0.15, 0.2) is 0 Å². The molecule has 1 unspecified atom stereocenters. The summed E-state index contributed by atoms with van der Waals surface area (Å²) in [5, 5.41) is 3.35. The Morgan fingerprint density at radius 3 is 1.92 bits per heavy atom. The number of likely N-dealkylation sites (N-methyl/N-ethyl adjacent to an activating group) is 1. The van der Waals surface area contributed by atoms with Crippen LogP contribution < -0.4 is 11.1 Å². The molecule has 0 radical (unpaired) electrons. The smallest absolute Gasteiger partial charge is 0.206 e. The van der Waals surface area contributed by atoms with Gasteiger partial charge in [0.25, 0.3) is 0 Å². The van der Waals surface area contributed by atoms with E-state index in [-0.39, 0.29) is 28.2 Å². The molecule has 0 bridgehead atoms. The zero-order valence-electron chi connectivity index (χ0n) is 14.1. The predicted octanol–water partition coefficient (Wildman–Crippen LogP) is 2.89. The third-order valence-electron chi connectivity index (χ3n) is 3.41. The first-order chi connectivity index (χ1) is 10.8. The number of halogens is 1. The Hall–Kier alpha value is -1.76. The molecule has 24 heavy (non-hydrogen) atoms. The number of nitrogens with zero attached hydrogens (tertiary/aromatic N) is 1. The van der Waals surface area contributed by atoms with Crippen LogP contribution in [0.1, 0.15) is 6.92 Å². The number of nitrogens with two attached hydrogens (primary N) is 1. The minimum atomic E-state index is -3.51. The van der Waals surface area contributed by atoms with E-state index in [0.29, 0.717) is 5.69 Å². The highest BCUT2D eigenvalue weighted by atomic mass is 35.5. The molecule has 0 aliphatic rings. The van der Waals surface area contributed by atoms with Gasteiger partial charge in [-0.25, -0.2) is 8.42 Å². The number of rotatable bonds is 6. The number of nitrogens with one attached hydrogen (secondary N) is 1. The van der Waals surface area contributed by atoms with Crippen LogP contribution in [0.25, 0.3) is 0 Å². The lowest BCUT2D eigenvalue weighted by Crippen LogP contribution is -2.29. The fourth-order valence-corrected chi connectivity index (χ4v) is 3.65. The van der Waals surface area contributed by atoms with Crippen molar-refractivity contribution < 1.29 is 8.42 Å². The van der Waals surface area contributed by atoms with Crippen LogP contribution in [-0.2, 0) is 9.84 Å². The van der Waals surface area contributed by atoms with E-state index in [1.54, 1.807) is 36.4 Å². The zero-order chi connectivity index (χ0) is 17.0. The maximum Gasteiger partial charge on any atom is 0.206 e. The molecule has 2 aromatic carbocycles. The van der Waals surface area contributed by atoms with E-state index in [1.165, 1.54) is 12.1 Å². The molecule has 0 spiro atoms. The minimum Gasteiger partial charge on any atom is -0.399 e. The van der Waals surface area contributed by atoms with Gasteiger partial charge in [-0.15, -0.1) is 12.4 Å². The van der Waals surface area contributed by atoms with Crippen molar-refractivity contribution in [2.75, 3.05) is 31.7 Å². The molecular formula is C17H24ClN3O2S. The third-order valence-corrected chi connectivity index (χ3v) is 5.19. The van der Waals surface area contributed by atoms with Gasteiger partial charge in [0, 0.05) is 24.0 Å². The summed E-state index contributed by atoms with van der Waals surface area (Å²) >= 11 is 0. The van der Waals surface area contributed by atoms with Gasteiger partial charge in [-0.3, -0.25) is 0 Å². The van der Waals surface area contributed by atoms with Crippen LogP contribution in [0, 0.1) is 0 Å². The first-order valence-corrected chi connectivity index (χ1v) is 8.89. The molecule has 3 N–H and O–H groups in total. The van der Waals surface area contributed by atoms with E-state index in [1.807, 2.05) is 14.1 Å². The van der Waals surface area contributed by atoms with Crippen molar-refractivity contribution in [2.45, 2.75) is 22.8 Å². The van der Waals surface area contributed by atoms with Crippen molar-refractivity contribution in [3.8, 4) is 0 Å². The van der Waals surface area contributed by atoms with Gasteiger partial charge in [0.2, 0.25) is 9.84 Å². The Morgan fingerprint density at radius 1 is 1.00 bits per heavy atom. The Labute approximate surface area is 150 Å². The first-order valence-electron chi connectivity index (χ1n) is 7.41. The molecule has 0 aliphatic heterocycles. The van der Waals surface area contributed by atoms with Crippen LogP contribution >= 0.6 is 12.4 Å². The molecule has 1 atom stereocenters. The van der Waals surface area contributed by atoms with Gasteiger partial charge >= 0.3 is 0 Å². The minimum absolute atomic E-state index is 0. The molecule has 2 rings (SSSR count). The molecule has 0 saturated carbocycles. The van der Waals surface area contributed by atoms with Gasteiger partial charge in [-0.2, -0.15) is 0 Å². The number of benzene rings is 2. The van der Waals surface area contributed by atoms with Crippen LogP contribution in [-0.4, -0.2) is 40.0 Å². The Morgan fingerprint density at radius 2 is 1.46 bits per heavy atom. The number of nitrogen functional groups attached to an aromatic ring is 1. The maximum absolute atomic E-state index is 12.6. The van der Waals surface area contributed by atoms with Gasteiger partial charge in [-0.05, 0) is 69.6 Å². The first kappa shape index (κ1) is 20.3. The second-order valence-corrected chi connectivity index (χ2v) is 7.85. The summed E-state index contributed by atoms with van der Waals surface area (Å²) < 4.78 is 25.1. The molecule has 5 nitrogen and oxygen atoms in total. The highest BCUT2D eigenvalue weighted by Crippen LogP contribution is 2.23. The van der Waals surface area contributed by atoms with E-state index in [0.717, 1.165) is 12.2 Å². The van der Waals surface area contributed by atoms with E-state index in [2.05, 4.69) is 17.1 Å². The molecular weight excluding hydrogens is 346 g/mol. The summed E-state index contributed by atoms with van der Waals surface area (Å²) in [5.74, 6) is 0. The second kappa shape index (κ2) is 8.37. The van der Waals surface area contributed by atoms with Crippen molar-refractivity contribution in [3.05, 3.63) is 48.5 Å². The molecule has 0 saturated heterocycles. The second-order valence-electron chi connectivity index (χ2n) is 5.90. The van der Waals surface area contributed by atoms with Crippen molar-refractivity contribution in [1.82, 2.24) is 4.90 Å². The van der Waals surface area contributed by atoms with Crippen molar-refractivity contribution in [1.29, 1.82) is 0 Å². The quantitative estimate of drug-likeness (QED) is 0.766. The SMILES string of the molecule is CC(CN(C)C)Nc1ccc(S(=O)(=O)c2ccc(N)cc2)cc1.Cl. The van der Waals surface area contributed by atoms with E-state index in [9.17, 15) is 8.42 Å². The van der Waals surface area contributed by atoms with Crippen molar-refractivity contribution in [3.63, 3.8) is 0 Å². The lowest BCUT2D eigenvalue weighted by atomic mass is 10.2. The lowest BCUT2D eigenvalue weighted by Gasteiger charge is -2.19. The van der Waals surface area contributed by atoms with Crippen molar-refractivity contribution >= 4 is 33.6 Å². The summed E-state index contributed by atoms with van der Waals surface area (Å²) in [6, 6.07) is 13.3. The number of anilines is 2. The summed E-state index contributed by atoms with van der Waals surface area (Å²) in [6.45, 7) is 2.98. The maximum atomic E-state index is 12.6. The van der Waals surface area contributed by atoms with Crippen LogP contribution in [0.5, 0.6) is 0 Å². The fourth-order valence-electron chi connectivity index (χ4n) is 2.39.